The van der Waals surface area contributed by atoms with Crippen molar-refractivity contribution in [2.75, 3.05) is 32.1 Å². The summed E-state index contributed by atoms with van der Waals surface area (Å²) in [6.07, 6.45) is 1.13. The third-order valence-electron chi connectivity index (χ3n) is 8.17. The van der Waals surface area contributed by atoms with Gasteiger partial charge in [-0.3, -0.25) is 4.89 Å². The van der Waals surface area contributed by atoms with Crippen molar-refractivity contribution in [3.63, 3.8) is 0 Å². The van der Waals surface area contributed by atoms with Crippen LogP contribution < -0.4 is 10.2 Å². The molecule has 1 unspecified atom stereocenters. The molecule has 10 nitrogen and oxygen atoms in total. The monoisotopic (exact) mass is 675 g/mol. The molecular formula is C31H46BrN5O5Si. The third kappa shape index (κ3) is 8.08. The van der Waals surface area contributed by atoms with Gasteiger partial charge in [0.15, 0.2) is 19.7 Å². The maximum atomic E-state index is 12.7. The summed E-state index contributed by atoms with van der Waals surface area (Å²) in [5.74, 6) is 0.393. The first-order valence-corrected chi connectivity index (χ1v) is 18.7. The maximum absolute atomic E-state index is 12.7. The van der Waals surface area contributed by atoms with Crippen LogP contribution in [0.25, 0.3) is 22.3 Å². The zero-order valence-electron chi connectivity index (χ0n) is 26.9. The van der Waals surface area contributed by atoms with E-state index >= 15 is 0 Å². The van der Waals surface area contributed by atoms with Crippen LogP contribution in [0.3, 0.4) is 0 Å². The number of benzene rings is 1. The molecule has 1 fully saturated rings. The Morgan fingerprint density at radius 2 is 1.91 bits per heavy atom. The minimum Gasteiger partial charge on any atom is -0.412 e. The van der Waals surface area contributed by atoms with Crippen LogP contribution >= 0.6 is 15.9 Å². The maximum Gasteiger partial charge on any atom is 0.452 e. The number of rotatable bonds is 10. The number of aromatic nitrogens is 3. The highest BCUT2D eigenvalue weighted by Gasteiger charge is 2.38. The lowest BCUT2D eigenvalue weighted by atomic mass is 10.1. The molecule has 236 valence electrons. The number of hydrogen-bond donors (Lipinski definition) is 1. The second kappa shape index (κ2) is 13.5. The van der Waals surface area contributed by atoms with E-state index in [0.717, 1.165) is 58.6 Å². The van der Waals surface area contributed by atoms with Crippen molar-refractivity contribution in [1.29, 1.82) is 0 Å². The standard InChI is InChI=1S/C31H46BrN5O5Si/c1-20(2)37-29-27(28(32)35-37)26(33-23-13-15-39-16-14-23)18-25(34-29)22-11-10-12-24(17-22)40-41-30(38)36(7)19-21(3)42-43(8,9)31(4,5)6/h10-12,17-18,20-21,23H,13-16,19H2,1-9H3,(H,33,34). The lowest BCUT2D eigenvalue weighted by Gasteiger charge is -2.39. The van der Waals surface area contributed by atoms with Crippen molar-refractivity contribution >= 4 is 47.1 Å². The summed E-state index contributed by atoms with van der Waals surface area (Å²) < 4.78 is 14.6. The van der Waals surface area contributed by atoms with E-state index in [9.17, 15) is 4.79 Å². The van der Waals surface area contributed by atoms with Gasteiger partial charge >= 0.3 is 6.09 Å². The van der Waals surface area contributed by atoms with Gasteiger partial charge in [-0.05, 0) is 85.9 Å². The van der Waals surface area contributed by atoms with Gasteiger partial charge in [0.1, 0.15) is 4.60 Å². The van der Waals surface area contributed by atoms with Gasteiger partial charge in [0.05, 0.1) is 22.9 Å². The van der Waals surface area contributed by atoms with Gasteiger partial charge < -0.3 is 19.4 Å². The van der Waals surface area contributed by atoms with Crippen LogP contribution in [0.5, 0.6) is 5.75 Å². The fourth-order valence-corrected chi connectivity index (χ4v) is 6.80. The largest absolute Gasteiger partial charge is 0.452 e. The minimum absolute atomic E-state index is 0.0837. The van der Waals surface area contributed by atoms with Gasteiger partial charge in [-0.15, -0.1) is 0 Å². The third-order valence-corrected chi connectivity index (χ3v) is 13.3. The second-order valence-electron chi connectivity index (χ2n) is 13.1. The Balaban J connectivity index is 1.50. The first-order chi connectivity index (χ1) is 20.2. The molecule has 0 spiro atoms. The predicted molar refractivity (Wildman–Crippen MR) is 176 cm³/mol. The summed E-state index contributed by atoms with van der Waals surface area (Å²) in [7, 11) is -0.280. The van der Waals surface area contributed by atoms with Crippen LogP contribution in [0.4, 0.5) is 10.5 Å². The van der Waals surface area contributed by atoms with Crippen LogP contribution in [0, 0.1) is 0 Å². The van der Waals surface area contributed by atoms with E-state index < -0.39 is 14.4 Å². The number of fused-ring (bicyclic) bond motifs is 1. The highest BCUT2D eigenvalue weighted by atomic mass is 79.9. The Labute approximate surface area is 264 Å². The number of ether oxygens (including phenoxy) is 1. The first-order valence-electron chi connectivity index (χ1n) is 15.0. The van der Waals surface area contributed by atoms with E-state index in [2.05, 4.69) is 69.0 Å². The normalized spacial score (nSPS) is 15.5. The molecule has 1 amide bonds. The number of carbonyl (C=O) groups excluding carboxylic acids is 1. The Morgan fingerprint density at radius 1 is 1.21 bits per heavy atom. The van der Waals surface area contributed by atoms with Crippen molar-refractivity contribution in [2.24, 2.45) is 0 Å². The Hall–Kier alpha value is -2.67. The summed E-state index contributed by atoms with van der Waals surface area (Å²) in [5, 5.41) is 9.47. The van der Waals surface area contributed by atoms with Gasteiger partial charge in [0.2, 0.25) is 0 Å². The Kier molecular flexibility index (Phi) is 10.5. The average molecular weight is 677 g/mol. The van der Waals surface area contributed by atoms with Crippen molar-refractivity contribution in [3.8, 4) is 17.0 Å². The molecule has 1 N–H and O–H groups in total. The lowest BCUT2D eigenvalue weighted by molar-refractivity contribution is -0.153. The van der Waals surface area contributed by atoms with Crippen LogP contribution in [-0.2, 0) is 14.1 Å². The number of hydrogen-bond acceptors (Lipinski definition) is 8. The average Bonchev–Trinajstić information content (AvgIpc) is 3.28. The molecule has 1 aliphatic heterocycles. The number of nitrogens with one attached hydrogen (secondary N) is 1. The zero-order valence-corrected chi connectivity index (χ0v) is 29.4. The summed E-state index contributed by atoms with van der Waals surface area (Å²) in [6.45, 7) is 19.0. The first kappa shape index (κ1) is 33.2. The summed E-state index contributed by atoms with van der Waals surface area (Å²) >= 11 is 3.66. The molecule has 3 aromatic rings. The minimum atomic E-state index is -1.96. The fourth-order valence-electron chi connectivity index (χ4n) is 4.81. The predicted octanol–water partition coefficient (Wildman–Crippen LogP) is 7.81. The molecule has 0 saturated carbocycles. The Morgan fingerprint density at radius 3 is 2.56 bits per heavy atom. The summed E-state index contributed by atoms with van der Waals surface area (Å²) in [4.78, 5) is 29.9. The van der Waals surface area contributed by atoms with Crippen LogP contribution in [-0.4, -0.2) is 73.0 Å². The Bertz CT molecular complexity index is 1420. The highest BCUT2D eigenvalue weighted by molar-refractivity contribution is 9.10. The number of nitrogens with zero attached hydrogens (tertiary/aromatic N) is 4. The van der Waals surface area contributed by atoms with Crippen LogP contribution in [0.1, 0.15) is 60.4 Å². The molecule has 1 atom stereocenters. The summed E-state index contributed by atoms with van der Waals surface area (Å²) in [5.41, 5.74) is 3.31. The van der Waals surface area contributed by atoms with Gasteiger partial charge in [0.25, 0.3) is 0 Å². The van der Waals surface area contributed by atoms with Gasteiger partial charge in [-0.2, -0.15) is 5.10 Å². The van der Waals surface area contributed by atoms with Crippen LogP contribution in [0.2, 0.25) is 18.1 Å². The number of likely N-dealkylation sites (N-methyl/N-ethyl adjacent to an activating group) is 1. The topological polar surface area (TPSA) is 100.0 Å². The molecule has 1 aromatic carbocycles. The molecule has 43 heavy (non-hydrogen) atoms. The van der Waals surface area contributed by atoms with Crippen molar-refractivity contribution in [3.05, 3.63) is 34.9 Å². The molecule has 1 saturated heterocycles. The van der Waals surface area contributed by atoms with E-state index in [1.54, 1.807) is 13.1 Å². The van der Waals surface area contributed by atoms with E-state index in [4.69, 9.17) is 29.0 Å². The van der Waals surface area contributed by atoms with Gasteiger partial charge in [0, 0.05) is 44.5 Å². The van der Waals surface area contributed by atoms with Gasteiger partial charge in [-0.1, -0.05) is 32.9 Å². The smallest absolute Gasteiger partial charge is 0.412 e. The SMILES string of the molecule is CC(CN(C)C(=O)OOc1cccc(-c2cc(NC3CCOCC3)c3c(Br)nn(C(C)C)c3n2)c1)O[Si](C)(C)C(C)(C)C. The highest BCUT2D eigenvalue weighted by Crippen LogP contribution is 2.38. The van der Waals surface area contributed by atoms with E-state index in [1.165, 1.54) is 4.90 Å². The molecule has 1 aliphatic rings. The molecule has 3 heterocycles. The molecule has 0 aliphatic carbocycles. The molecular weight excluding hydrogens is 630 g/mol. The molecule has 4 rings (SSSR count). The summed E-state index contributed by atoms with van der Waals surface area (Å²) in [6, 6.07) is 9.82. The number of amides is 1. The molecule has 12 heteroatoms. The number of halogens is 1. The van der Waals surface area contributed by atoms with Gasteiger partial charge in [-0.25, -0.2) is 19.3 Å². The number of carbonyl (C=O) groups is 1. The van der Waals surface area contributed by atoms with E-state index in [-0.39, 0.29) is 17.2 Å². The van der Waals surface area contributed by atoms with Crippen molar-refractivity contribution in [2.45, 2.75) is 90.7 Å². The van der Waals surface area contributed by atoms with Crippen molar-refractivity contribution < 1.29 is 23.7 Å². The molecule has 0 radical (unpaired) electrons. The fraction of sp³-hybridized carbons (Fsp3) is 0.581. The number of pyridine rings is 1. The van der Waals surface area contributed by atoms with E-state index in [1.807, 2.05) is 35.9 Å². The van der Waals surface area contributed by atoms with E-state index in [0.29, 0.717) is 18.3 Å². The van der Waals surface area contributed by atoms with Crippen LogP contribution in [0.15, 0.2) is 34.9 Å². The molecule has 0 bridgehead atoms. The quantitative estimate of drug-likeness (QED) is 0.132. The lowest BCUT2D eigenvalue weighted by Crippen LogP contribution is -2.46. The molecule has 2 aromatic heterocycles. The van der Waals surface area contributed by atoms with Crippen molar-refractivity contribution in [1.82, 2.24) is 19.7 Å². The second-order valence-corrected chi connectivity index (χ2v) is 18.7. The number of anilines is 1. The zero-order chi connectivity index (χ0) is 31.5.